The van der Waals surface area contributed by atoms with Crippen LogP contribution in [0.2, 0.25) is 0 Å². The fraction of sp³-hybridized carbons (Fsp3) is 0.333. The third-order valence-corrected chi connectivity index (χ3v) is 1.24. The minimum Gasteiger partial charge on any atom is -0.479 e. The van der Waals surface area contributed by atoms with Crippen molar-refractivity contribution in [2.24, 2.45) is 0 Å². The molecule has 1 aromatic rings. The summed E-state index contributed by atoms with van der Waals surface area (Å²) in [4.78, 5) is 16.6. The van der Waals surface area contributed by atoms with Gasteiger partial charge in [-0.1, -0.05) is 0 Å². The van der Waals surface area contributed by atoms with Crippen LogP contribution in [-0.4, -0.2) is 32.3 Å². The van der Waals surface area contributed by atoms with Crippen molar-refractivity contribution >= 4 is 5.97 Å². The number of imidazole rings is 1. The van der Waals surface area contributed by atoms with Gasteiger partial charge in [0.05, 0.1) is 12.0 Å². The second kappa shape index (κ2) is 3.16. The zero-order valence-corrected chi connectivity index (χ0v) is 5.69. The van der Waals surface area contributed by atoms with Crippen molar-refractivity contribution in [3.05, 3.63) is 18.2 Å². The van der Waals surface area contributed by atoms with Crippen LogP contribution in [0.1, 0.15) is 5.69 Å². The van der Waals surface area contributed by atoms with Gasteiger partial charge in [0, 0.05) is 12.6 Å². The summed E-state index contributed by atoms with van der Waals surface area (Å²) in [5, 5.41) is 17.1. The van der Waals surface area contributed by atoms with Gasteiger partial charge in [-0.15, -0.1) is 0 Å². The Labute approximate surface area is 62.7 Å². The van der Waals surface area contributed by atoms with Crippen molar-refractivity contribution in [3.63, 3.8) is 0 Å². The van der Waals surface area contributed by atoms with Crippen LogP contribution in [0.5, 0.6) is 0 Å². The number of aliphatic hydroxyl groups excluding tert-OH is 1. The van der Waals surface area contributed by atoms with Crippen LogP contribution < -0.4 is 0 Å². The summed E-state index contributed by atoms with van der Waals surface area (Å²) in [5.74, 6) is -1.23. The first kappa shape index (κ1) is 7.74. The van der Waals surface area contributed by atoms with E-state index in [1.54, 1.807) is 6.20 Å². The topological polar surface area (TPSA) is 86.2 Å². The quantitative estimate of drug-likeness (QED) is 0.545. The molecule has 11 heavy (non-hydrogen) atoms. The Balaban J connectivity index is 2.50. The molecule has 60 valence electrons. The van der Waals surface area contributed by atoms with Crippen LogP contribution in [-0.2, 0) is 11.2 Å². The number of aliphatic carboxylic acids is 1. The molecule has 1 aromatic heterocycles. The molecule has 1 atom stereocenters. The van der Waals surface area contributed by atoms with Crippen molar-refractivity contribution in [1.29, 1.82) is 0 Å². The van der Waals surface area contributed by atoms with Crippen molar-refractivity contribution < 1.29 is 15.0 Å². The standard InChI is InChI=1S/C6H8N2O3/c9-5(6(10)11)1-4-2-7-3-8-4/h2-3,5,9H,1H2,(H,7,8)(H,10,11)/t5-/m0/s1. The third kappa shape index (κ3) is 2.05. The lowest BCUT2D eigenvalue weighted by atomic mass is 10.2. The molecule has 0 aromatic carbocycles. The Bertz CT molecular complexity index is 232. The van der Waals surface area contributed by atoms with Crippen LogP contribution in [0, 0.1) is 0 Å². The number of nitrogens with zero attached hydrogens (tertiary/aromatic N) is 1. The molecule has 0 fully saturated rings. The maximum Gasteiger partial charge on any atom is 0.332 e. The number of nitrogens with one attached hydrogen (secondary N) is 1. The van der Waals surface area contributed by atoms with Gasteiger partial charge in [-0.3, -0.25) is 0 Å². The van der Waals surface area contributed by atoms with Crippen LogP contribution in [0.15, 0.2) is 12.5 Å². The Morgan fingerprint density at radius 3 is 3.00 bits per heavy atom. The summed E-state index contributed by atoms with van der Waals surface area (Å²) in [5.41, 5.74) is 0.542. The molecule has 5 heteroatoms. The average Bonchev–Trinajstić information content (AvgIpc) is 2.39. The first-order valence-corrected chi connectivity index (χ1v) is 3.08. The molecule has 0 amide bonds. The van der Waals surface area contributed by atoms with Gasteiger partial charge in [0.1, 0.15) is 0 Å². The lowest BCUT2D eigenvalue weighted by molar-refractivity contribution is -0.146. The molecular formula is C6H8N2O3. The fourth-order valence-corrected chi connectivity index (χ4v) is 0.688. The van der Waals surface area contributed by atoms with E-state index in [0.29, 0.717) is 5.69 Å². The Morgan fingerprint density at radius 2 is 2.55 bits per heavy atom. The number of carbonyl (C=O) groups is 1. The largest absolute Gasteiger partial charge is 0.479 e. The first-order valence-electron chi connectivity index (χ1n) is 3.08. The molecule has 0 spiro atoms. The minimum atomic E-state index is -1.36. The number of aromatic nitrogens is 2. The van der Waals surface area contributed by atoms with E-state index >= 15 is 0 Å². The molecule has 0 aliphatic heterocycles. The number of aromatic amines is 1. The van der Waals surface area contributed by atoms with E-state index in [1.807, 2.05) is 0 Å². The van der Waals surface area contributed by atoms with Gasteiger partial charge in [0.25, 0.3) is 0 Å². The molecule has 5 nitrogen and oxygen atoms in total. The first-order chi connectivity index (χ1) is 5.20. The molecule has 0 bridgehead atoms. The second-order valence-electron chi connectivity index (χ2n) is 2.12. The molecule has 0 unspecified atom stereocenters. The van der Waals surface area contributed by atoms with Crippen molar-refractivity contribution in [3.8, 4) is 0 Å². The SMILES string of the molecule is O=C(O)[C@@H](O)Cc1c[nH]cn1. The predicted octanol–water partition coefficient (Wildman–Crippen LogP) is -0.602. The van der Waals surface area contributed by atoms with Crippen molar-refractivity contribution in [2.45, 2.75) is 12.5 Å². The zero-order valence-electron chi connectivity index (χ0n) is 5.69. The summed E-state index contributed by atoms with van der Waals surface area (Å²) in [6.45, 7) is 0. The number of rotatable bonds is 3. The van der Waals surface area contributed by atoms with E-state index < -0.39 is 12.1 Å². The molecular weight excluding hydrogens is 148 g/mol. The number of carboxylic acid groups (broad SMARTS) is 1. The number of H-pyrrole nitrogens is 1. The lowest BCUT2D eigenvalue weighted by Gasteiger charge is -2.00. The number of hydrogen-bond donors (Lipinski definition) is 3. The molecule has 0 aliphatic carbocycles. The molecule has 1 rings (SSSR count). The van der Waals surface area contributed by atoms with Gasteiger partial charge >= 0.3 is 5.97 Å². The monoisotopic (exact) mass is 156 g/mol. The smallest absolute Gasteiger partial charge is 0.332 e. The van der Waals surface area contributed by atoms with E-state index in [4.69, 9.17) is 10.2 Å². The van der Waals surface area contributed by atoms with Crippen molar-refractivity contribution in [1.82, 2.24) is 9.97 Å². The van der Waals surface area contributed by atoms with Crippen LogP contribution in [0.3, 0.4) is 0 Å². The zero-order chi connectivity index (χ0) is 8.27. The normalized spacial score (nSPS) is 12.8. The minimum absolute atomic E-state index is 0.0405. The Hall–Kier alpha value is -1.36. The molecule has 0 radical (unpaired) electrons. The van der Waals surface area contributed by atoms with Gasteiger partial charge in [0.2, 0.25) is 0 Å². The highest BCUT2D eigenvalue weighted by Crippen LogP contribution is 1.97. The highest BCUT2D eigenvalue weighted by Gasteiger charge is 2.14. The summed E-state index contributed by atoms with van der Waals surface area (Å²) >= 11 is 0. The van der Waals surface area contributed by atoms with E-state index in [-0.39, 0.29) is 6.42 Å². The van der Waals surface area contributed by atoms with Gasteiger partial charge < -0.3 is 15.2 Å². The fourth-order valence-electron chi connectivity index (χ4n) is 0.688. The maximum atomic E-state index is 10.1. The average molecular weight is 156 g/mol. The Morgan fingerprint density at radius 1 is 1.82 bits per heavy atom. The van der Waals surface area contributed by atoms with E-state index in [9.17, 15) is 4.79 Å². The van der Waals surface area contributed by atoms with Crippen LogP contribution in [0.25, 0.3) is 0 Å². The molecule has 0 aliphatic rings. The van der Waals surface area contributed by atoms with E-state index in [2.05, 4.69) is 9.97 Å². The highest BCUT2D eigenvalue weighted by molar-refractivity contribution is 5.72. The maximum absolute atomic E-state index is 10.1. The van der Waals surface area contributed by atoms with Crippen molar-refractivity contribution in [2.75, 3.05) is 0 Å². The molecule has 1 heterocycles. The van der Waals surface area contributed by atoms with E-state index in [1.165, 1.54) is 6.33 Å². The lowest BCUT2D eigenvalue weighted by Crippen LogP contribution is -2.22. The summed E-state index contributed by atoms with van der Waals surface area (Å²) in [6, 6.07) is 0. The number of hydrogen-bond acceptors (Lipinski definition) is 3. The summed E-state index contributed by atoms with van der Waals surface area (Å²) in [7, 11) is 0. The van der Waals surface area contributed by atoms with Crippen LogP contribution >= 0.6 is 0 Å². The molecule has 3 N–H and O–H groups in total. The molecule has 0 saturated heterocycles. The third-order valence-electron chi connectivity index (χ3n) is 1.24. The Kier molecular flexibility index (Phi) is 2.22. The number of carboxylic acids is 1. The second-order valence-corrected chi connectivity index (χ2v) is 2.12. The van der Waals surface area contributed by atoms with Crippen LogP contribution in [0.4, 0.5) is 0 Å². The van der Waals surface area contributed by atoms with Gasteiger partial charge in [-0.25, -0.2) is 9.78 Å². The molecule has 0 saturated carbocycles. The summed E-state index contributed by atoms with van der Waals surface area (Å²) in [6.07, 6.45) is 1.66. The van der Waals surface area contributed by atoms with Gasteiger partial charge in [-0.2, -0.15) is 0 Å². The predicted molar refractivity (Wildman–Crippen MR) is 35.9 cm³/mol. The van der Waals surface area contributed by atoms with Gasteiger partial charge in [-0.05, 0) is 0 Å². The highest BCUT2D eigenvalue weighted by atomic mass is 16.4. The number of aliphatic hydroxyl groups is 1. The van der Waals surface area contributed by atoms with Gasteiger partial charge in [0.15, 0.2) is 6.10 Å². The van der Waals surface area contributed by atoms with E-state index in [0.717, 1.165) is 0 Å². The summed E-state index contributed by atoms with van der Waals surface area (Å²) < 4.78 is 0.